The first-order valence-electron chi connectivity index (χ1n) is 21.6. The average Bonchev–Trinajstić information content (AvgIpc) is 3.45. The smallest absolute Gasteiger partial charge is 0.0619 e. The maximum Gasteiger partial charge on any atom is 0.0619 e. The second kappa shape index (κ2) is 15.8. The molecule has 7 rings (SSSR count). The minimum absolute atomic E-state index is 0.0713. The zero-order valence-corrected chi connectivity index (χ0v) is 36.7. The molecule has 2 nitrogen and oxygen atoms in total. The summed E-state index contributed by atoms with van der Waals surface area (Å²) in [5.41, 5.74) is 12.0. The third-order valence-electron chi connectivity index (χ3n) is 13.3. The molecule has 0 bridgehead atoms. The molecular formula is C55H66N2. The van der Waals surface area contributed by atoms with Gasteiger partial charge in [-0.05, 0) is 116 Å². The summed E-state index contributed by atoms with van der Waals surface area (Å²) in [5, 5.41) is 5.08. The summed E-state index contributed by atoms with van der Waals surface area (Å²) in [4.78, 5) is 5.23. The number of hydrogen-bond acceptors (Lipinski definition) is 2. The second-order valence-electron chi connectivity index (χ2n) is 19.3. The van der Waals surface area contributed by atoms with Crippen molar-refractivity contribution in [3.63, 3.8) is 0 Å². The Kier molecular flexibility index (Phi) is 11.2. The van der Waals surface area contributed by atoms with Gasteiger partial charge in [0, 0.05) is 38.6 Å². The Balaban J connectivity index is 1.52. The van der Waals surface area contributed by atoms with E-state index in [1.165, 1.54) is 72.3 Å². The topological polar surface area (TPSA) is 6.48 Å². The Morgan fingerprint density at radius 1 is 0.614 bits per heavy atom. The number of hydrogen-bond donors (Lipinski definition) is 0. The lowest BCUT2D eigenvalue weighted by Crippen LogP contribution is -2.30. The summed E-state index contributed by atoms with van der Waals surface area (Å²) < 4.78 is 0. The van der Waals surface area contributed by atoms with Gasteiger partial charge < -0.3 is 9.80 Å². The van der Waals surface area contributed by atoms with Gasteiger partial charge >= 0.3 is 0 Å². The van der Waals surface area contributed by atoms with Gasteiger partial charge in [-0.15, -0.1) is 0 Å². The normalized spacial score (nSPS) is 17.7. The fourth-order valence-corrected chi connectivity index (χ4v) is 8.98. The Morgan fingerprint density at radius 3 is 1.82 bits per heavy atom. The molecule has 0 fully saturated rings. The predicted octanol–water partition coefficient (Wildman–Crippen LogP) is 16.2. The highest BCUT2D eigenvalue weighted by Gasteiger charge is 2.31. The van der Waals surface area contributed by atoms with Crippen LogP contribution in [0.5, 0.6) is 0 Å². The molecule has 0 amide bonds. The lowest BCUT2D eigenvalue weighted by atomic mass is 9.77. The van der Waals surface area contributed by atoms with Crippen molar-refractivity contribution in [2.75, 3.05) is 9.80 Å². The summed E-state index contributed by atoms with van der Waals surface area (Å²) in [5.74, 6) is 0.494. The van der Waals surface area contributed by atoms with E-state index in [0.29, 0.717) is 5.92 Å². The van der Waals surface area contributed by atoms with Gasteiger partial charge in [0.15, 0.2) is 0 Å². The van der Waals surface area contributed by atoms with Crippen LogP contribution in [0.4, 0.5) is 22.7 Å². The van der Waals surface area contributed by atoms with E-state index in [2.05, 4.69) is 213 Å². The zero-order valence-electron chi connectivity index (χ0n) is 36.7. The Hall–Kier alpha value is -4.82. The van der Waals surface area contributed by atoms with E-state index in [4.69, 9.17) is 0 Å². The number of benzene rings is 5. The quantitative estimate of drug-likeness (QED) is 0.109. The van der Waals surface area contributed by atoms with Gasteiger partial charge in [-0.1, -0.05) is 164 Å². The molecule has 0 aromatic heterocycles. The first kappa shape index (κ1) is 40.4. The SMILES string of the molecule is CCC(C)(CC)C1=CCCC(N(c2ccc(C(C)(C)C)cc2)c2c3ccccc3c(N(C3=CCC(C(C)(C)C)C=C3)c3ccc(C)cc3)c3ccc(C)cc23)C=C1. The number of rotatable bonds is 9. The van der Waals surface area contributed by atoms with Crippen molar-refractivity contribution in [3.05, 3.63) is 155 Å². The van der Waals surface area contributed by atoms with E-state index < -0.39 is 0 Å². The van der Waals surface area contributed by atoms with Crippen molar-refractivity contribution < 1.29 is 0 Å². The van der Waals surface area contributed by atoms with E-state index in [0.717, 1.165) is 32.1 Å². The first-order chi connectivity index (χ1) is 27.1. The highest BCUT2D eigenvalue weighted by atomic mass is 15.2. The van der Waals surface area contributed by atoms with Gasteiger partial charge in [0.25, 0.3) is 0 Å². The molecule has 0 saturated heterocycles. The van der Waals surface area contributed by atoms with Crippen LogP contribution >= 0.6 is 0 Å². The van der Waals surface area contributed by atoms with Crippen LogP contribution in [0.2, 0.25) is 0 Å². The van der Waals surface area contributed by atoms with E-state index >= 15 is 0 Å². The fraction of sp³-hybridized carbons (Fsp3) is 0.382. The molecule has 2 aliphatic carbocycles. The second-order valence-corrected chi connectivity index (χ2v) is 19.3. The molecule has 296 valence electrons. The molecule has 5 aromatic carbocycles. The summed E-state index contributed by atoms with van der Waals surface area (Å²) in [6, 6.07) is 35.1. The predicted molar refractivity (Wildman–Crippen MR) is 251 cm³/mol. The van der Waals surface area contributed by atoms with Crippen LogP contribution in [0.25, 0.3) is 21.5 Å². The molecule has 0 radical (unpaired) electrons. The lowest BCUT2D eigenvalue weighted by Gasteiger charge is -2.37. The monoisotopic (exact) mass is 755 g/mol. The van der Waals surface area contributed by atoms with Crippen LogP contribution in [0, 0.1) is 30.6 Å². The standard InChI is InChI=1S/C55H66N2/c1-12-55(11,13-2)42-17-16-18-43(35-28-42)56(45-31-24-40(25-32-45)53(5,6)7)52-48-20-15-14-19-47(48)51(49-36-23-39(4)37-50(49)52)57(44-29-21-38(3)22-30-44)46-33-26-41(27-34-46)54(8,9)10/h14-15,17,19-26,28-37,41,43H,12-13,16,18,27H2,1-11H3. The van der Waals surface area contributed by atoms with Crippen molar-refractivity contribution in [2.45, 2.75) is 120 Å². The molecule has 0 saturated carbocycles. The van der Waals surface area contributed by atoms with Crippen LogP contribution in [-0.4, -0.2) is 6.04 Å². The Morgan fingerprint density at radius 2 is 1.23 bits per heavy atom. The minimum atomic E-state index is 0.0713. The summed E-state index contributed by atoms with van der Waals surface area (Å²) in [6.45, 7) is 25.5. The van der Waals surface area contributed by atoms with Crippen LogP contribution in [-0.2, 0) is 5.41 Å². The maximum atomic E-state index is 2.69. The van der Waals surface area contributed by atoms with Gasteiger partial charge in [-0.3, -0.25) is 0 Å². The molecule has 0 heterocycles. The number of allylic oxidation sites excluding steroid dienone is 6. The molecule has 2 aliphatic rings. The summed E-state index contributed by atoms with van der Waals surface area (Å²) in [6.07, 6.45) is 20.2. The minimum Gasteiger partial charge on any atom is -0.333 e. The first-order valence-corrected chi connectivity index (χ1v) is 21.6. The van der Waals surface area contributed by atoms with E-state index in [1.54, 1.807) is 0 Å². The fourth-order valence-electron chi connectivity index (χ4n) is 8.98. The highest BCUT2D eigenvalue weighted by molar-refractivity contribution is 6.22. The van der Waals surface area contributed by atoms with Crippen LogP contribution in [0.1, 0.15) is 111 Å². The van der Waals surface area contributed by atoms with Crippen molar-refractivity contribution in [3.8, 4) is 0 Å². The third kappa shape index (κ3) is 8.03. The molecule has 0 N–H and O–H groups in total. The number of aryl methyl sites for hydroxylation is 2. The lowest BCUT2D eigenvalue weighted by molar-refractivity contribution is 0.293. The number of anilines is 4. The van der Waals surface area contributed by atoms with E-state index in [-0.39, 0.29) is 22.3 Å². The zero-order chi connectivity index (χ0) is 40.7. The van der Waals surface area contributed by atoms with Gasteiger partial charge in [-0.2, -0.15) is 0 Å². The highest BCUT2D eigenvalue weighted by Crippen LogP contribution is 2.50. The Labute approximate surface area is 344 Å². The number of nitrogens with zero attached hydrogens (tertiary/aromatic N) is 2. The maximum absolute atomic E-state index is 2.69. The van der Waals surface area contributed by atoms with Crippen LogP contribution < -0.4 is 9.80 Å². The van der Waals surface area contributed by atoms with Gasteiger partial charge in [-0.25, -0.2) is 0 Å². The molecule has 0 spiro atoms. The van der Waals surface area contributed by atoms with Crippen molar-refractivity contribution in [1.82, 2.24) is 0 Å². The molecule has 2 unspecified atom stereocenters. The van der Waals surface area contributed by atoms with E-state index in [9.17, 15) is 0 Å². The van der Waals surface area contributed by atoms with E-state index in [1.807, 2.05) is 0 Å². The van der Waals surface area contributed by atoms with Gasteiger partial charge in [0.1, 0.15) is 0 Å². The largest absolute Gasteiger partial charge is 0.333 e. The molecule has 5 aromatic rings. The number of fused-ring (bicyclic) bond motifs is 2. The van der Waals surface area contributed by atoms with Crippen molar-refractivity contribution >= 4 is 44.3 Å². The van der Waals surface area contributed by atoms with Crippen LogP contribution in [0.3, 0.4) is 0 Å². The average molecular weight is 755 g/mol. The summed E-state index contributed by atoms with van der Waals surface area (Å²) >= 11 is 0. The molecule has 57 heavy (non-hydrogen) atoms. The van der Waals surface area contributed by atoms with Crippen molar-refractivity contribution in [1.29, 1.82) is 0 Å². The Bertz CT molecular complexity index is 2350. The van der Waals surface area contributed by atoms with Crippen LogP contribution in [0.15, 0.2) is 139 Å². The molecule has 2 heteroatoms. The van der Waals surface area contributed by atoms with Gasteiger partial charge in [0.05, 0.1) is 17.4 Å². The molecular weight excluding hydrogens is 689 g/mol. The third-order valence-corrected chi connectivity index (χ3v) is 13.3. The molecule has 2 atom stereocenters. The summed E-state index contributed by atoms with van der Waals surface area (Å²) in [7, 11) is 0. The van der Waals surface area contributed by atoms with Crippen molar-refractivity contribution in [2.24, 2.45) is 16.7 Å². The molecule has 0 aliphatic heterocycles. The van der Waals surface area contributed by atoms with Gasteiger partial charge in [0.2, 0.25) is 0 Å².